The number of hydrogen-bond donors (Lipinski definition) is 0. The average Bonchev–Trinajstić information content (AvgIpc) is 2.40. The van der Waals surface area contributed by atoms with E-state index in [2.05, 4.69) is 0 Å². The molecule has 0 spiro atoms. The Kier molecular flexibility index (Phi) is 3.83. The Hall–Kier alpha value is -2.24. The molecule has 0 heterocycles. The summed E-state index contributed by atoms with van der Waals surface area (Å²) in [5, 5.41) is 0. The summed E-state index contributed by atoms with van der Waals surface area (Å²) < 4.78 is 42.6. The molecular weight excluding hydrogens is 268 g/mol. The number of rotatable bonds is 3. The molecule has 100 valence electrons. The lowest BCUT2D eigenvalue weighted by atomic mass is 9.94. The number of carbonyl (C=O) groups excluding carboxylic acids is 1. The van der Waals surface area contributed by atoms with E-state index in [1.807, 2.05) is 0 Å². The molecule has 0 atom stereocenters. The second-order valence-corrected chi connectivity index (χ2v) is 4.04. The zero-order chi connectivity index (χ0) is 14.8. The van der Waals surface area contributed by atoms with Crippen LogP contribution in [0, 0.1) is 0 Å². The summed E-state index contributed by atoms with van der Waals surface area (Å²) in [6, 6.07) is 8.64. The van der Waals surface area contributed by atoms with Crippen molar-refractivity contribution >= 4 is 19.6 Å². The van der Waals surface area contributed by atoms with Gasteiger partial charge in [-0.15, -0.1) is 0 Å². The molecule has 2 nitrogen and oxygen atoms in total. The fourth-order valence-electron chi connectivity index (χ4n) is 1.59. The Bertz CT molecular complexity index is 621. The van der Waals surface area contributed by atoms with Crippen molar-refractivity contribution in [2.75, 3.05) is 0 Å². The van der Waals surface area contributed by atoms with Crippen LogP contribution in [-0.2, 0) is 6.18 Å². The van der Waals surface area contributed by atoms with Crippen molar-refractivity contribution in [3.8, 4) is 11.5 Å². The van der Waals surface area contributed by atoms with Gasteiger partial charge in [0.15, 0.2) is 6.29 Å². The van der Waals surface area contributed by atoms with E-state index in [0.29, 0.717) is 11.7 Å². The van der Waals surface area contributed by atoms with E-state index >= 15 is 0 Å². The molecule has 0 N–H and O–H groups in total. The van der Waals surface area contributed by atoms with E-state index in [1.165, 1.54) is 30.3 Å². The molecule has 0 unspecified atom stereocenters. The molecule has 0 saturated heterocycles. The minimum atomic E-state index is -4.40. The van der Waals surface area contributed by atoms with Gasteiger partial charge in [-0.3, -0.25) is 4.79 Å². The van der Waals surface area contributed by atoms with Crippen molar-refractivity contribution in [3.05, 3.63) is 53.6 Å². The standard InChI is InChI=1S/C14H8BF3O2/c15-11-3-6-13(9(7-11)8-19)20-12-4-1-10(2-5-12)14(16,17)18/h1-8H. The molecule has 0 fully saturated rings. The van der Waals surface area contributed by atoms with Crippen LogP contribution >= 0.6 is 0 Å². The molecule has 2 rings (SSSR count). The summed E-state index contributed by atoms with van der Waals surface area (Å²) in [5.41, 5.74) is -0.144. The Balaban J connectivity index is 2.25. The van der Waals surface area contributed by atoms with Crippen LogP contribution < -0.4 is 10.2 Å². The highest BCUT2D eigenvalue weighted by Crippen LogP contribution is 2.31. The van der Waals surface area contributed by atoms with Gasteiger partial charge in [0.2, 0.25) is 0 Å². The van der Waals surface area contributed by atoms with Crippen LogP contribution in [0.25, 0.3) is 0 Å². The van der Waals surface area contributed by atoms with Gasteiger partial charge in [0, 0.05) is 0 Å². The van der Waals surface area contributed by atoms with Crippen LogP contribution in [0.4, 0.5) is 13.2 Å². The number of hydrogen-bond acceptors (Lipinski definition) is 2. The zero-order valence-corrected chi connectivity index (χ0v) is 10.1. The summed E-state index contributed by atoms with van der Waals surface area (Å²) in [7, 11) is 5.52. The van der Waals surface area contributed by atoms with E-state index < -0.39 is 11.7 Å². The predicted octanol–water partition coefficient (Wildman–Crippen LogP) is 3.10. The Morgan fingerprint density at radius 2 is 1.70 bits per heavy atom. The van der Waals surface area contributed by atoms with Crippen molar-refractivity contribution < 1.29 is 22.7 Å². The molecule has 2 radical (unpaired) electrons. The average molecular weight is 276 g/mol. The lowest BCUT2D eigenvalue weighted by molar-refractivity contribution is -0.137. The van der Waals surface area contributed by atoms with Crippen LogP contribution in [0.5, 0.6) is 11.5 Å². The number of aldehydes is 1. The fraction of sp³-hybridized carbons (Fsp3) is 0.0714. The van der Waals surface area contributed by atoms with Gasteiger partial charge in [-0.1, -0.05) is 17.6 Å². The molecule has 6 heteroatoms. The second-order valence-electron chi connectivity index (χ2n) is 4.04. The highest BCUT2D eigenvalue weighted by molar-refractivity contribution is 6.32. The van der Waals surface area contributed by atoms with Gasteiger partial charge in [-0.2, -0.15) is 13.2 Å². The summed E-state index contributed by atoms with van der Waals surface area (Å²) in [4.78, 5) is 10.9. The molecule has 20 heavy (non-hydrogen) atoms. The summed E-state index contributed by atoms with van der Waals surface area (Å²) in [6.45, 7) is 0. The number of alkyl halides is 3. The van der Waals surface area contributed by atoms with Gasteiger partial charge in [0.1, 0.15) is 19.3 Å². The van der Waals surface area contributed by atoms with Gasteiger partial charge in [0.25, 0.3) is 0 Å². The van der Waals surface area contributed by atoms with Crippen molar-refractivity contribution in [2.45, 2.75) is 6.18 Å². The van der Waals surface area contributed by atoms with Crippen LogP contribution in [0.3, 0.4) is 0 Å². The number of carbonyl (C=O) groups is 1. The SMILES string of the molecule is [B]c1ccc(Oc2ccc(C(F)(F)F)cc2)c(C=O)c1. The van der Waals surface area contributed by atoms with E-state index in [4.69, 9.17) is 12.6 Å². The van der Waals surface area contributed by atoms with Crippen molar-refractivity contribution in [1.82, 2.24) is 0 Å². The smallest absolute Gasteiger partial charge is 0.416 e. The number of benzene rings is 2. The molecule has 2 aromatic rings. The largest absolute Gasteiger partial charge is 0.457 e. The molecule has 0 aliphatic carbocycles. The van der Waals surface area contributed by atoms with Gasteiger partial charge in [0.05, 0.1) is 11.1 Å². The Labute approximate surface area is 114 Å². The lowest BCUT2D eigenvalue weighted by Gasteiger charge is -2.10. The topological polar surface area (TPSA) is 26.3 Å². The van der Waals surface area contributed by atoms with E-state index in [9.17, 15) is 18.0 Å². The molecule has 0 aliphatic heterocycles. The quantitative estimate of drug-likeness (QED) is 0.636. The fourth-order valence-corrected chi connectivity index (χ4v) is 1.59. The molecule has 0 saturated carbocycles. The summed E-state index contributed by atoms with van der Waals surface area (Å²) in [5.74, 6) is 0.430. The van der Waals surface area contributed by atoms with Gasteiger partial charge in [-0.25, -0.2) is 0 Å². The van der Waals surface area contributed by atoms with Gasteiger partial charge < -0.3 is 4.74 Å². The molecular formula is C14H8BF3O2. The highest BCUT2D eigenvalue weighted by Gasteiger charge is 2.30. The van der Waals surface area contributed by atoms with Crippen LogP contribution in [0.15, 0.2) is 42.5 Å². The summed E-state index contributed by atoms with van der Waals surface area (Å²) in [6.07, 6.45) is -3.83. The molecule has 0 aliphatic rings. The number of halogens is 3. The third-order valence-corrected chi connectivity index (χ3v) is 2.57. The highest BCUT2D eigenvalue weighted by atomic mass is 19.4. The zero-order valence-electron chi connectivity index (χ0n) is 10.1. The third kappa shape index (κ3) is 3.20. The van der Waals surface area contributed by atoms with Crippen molar-refractivity contribution in [3.63, 3.8) is 0 Å². The van der Waals surface area contributed by atoms with Crippen molar-refractivity contribution in [1.29, 1.82) is 0 Å². The Morgan fingerprint density at radius 1 is 1.05 bits per heavy atom. The summed E-state index contributed by atoms with van der Waals surface area (Å²) >= 11 is 0. The van der Waals surface area contributed by atoms with Crippen LogP contribution in [0.2, 0.25) is 0 Å². The van der Waals surface area contributed by atoms with Crippen LogP contribution in [0.1, 0.15) is 15.9 Å². The molecule has 0 bridgehead atoms. The number of ether oxygens (including phenoxy) is 1. The first-order valence-electron chi connectivity index (χ1n) is 5.60. The maximum Gasteiger partial charge on any atom is 0.416 e. The predicted molar refractivity (Wildman–Crippen MR) is 68.7 cm³/mol. The van der Waals surface area contributed by atoms with E-state index in [0.717, 1.165) is 12.1 Å². The molecule has 0 aromatic heterocycles. The lowest BCUT2D eigenvalue weighted by Crippen LogP contribution is -2.05. The maximum absolute atomic E-state index is 12.4. The van der Waals surface area contributed by atoms with Gasteiger partial charge in [-0.05, 0) is 30.3 Å². The first kappa shape index (κ1) is 14.2. The van der Waals surface area contributed by atoms with Crippen molar-refractivity contribution in [2.24, 2.45) is 0 Å². The van der Waals surface area contributed by atoms with Crippen LogP contribution in [-0.4, -0.2) is 14.1 Å². The third-order valence-electron chi connectivity index (χ3n) is 2.57. The first-order valence-corrected chi connectivity index (χ1v) is 5.60. The minimum absolute atomic E-state index is 0.200. The molecule has 2 aromatic carbocycles. The second kappa shape index (κ2) is 5.40. The maximum atomic E-state index is 12.4. The molecule has 0 amide bonds. The van der Waals surface area contributed by atoms with E-state index in [1.54, 1.807) is 0 Å². The normalized spacial score (nSPS) is 11.2. The Morgan fingerprint density at radius 3 is 2.25 bits per heavy atom. The van der Waals surface area contributed by atoms with Gasteiger partial charge >= 0.3 is 6.18 Å². The van der Waals surface area contributed by atoms with E-state index in [-0.39, 0.29) is 17.1 Å². The monoisotopic (exact) mass is 276 g/mol. The minimum Gasteiger partial charge on any atom is -0.457 e. The first-order chi connectivity index (χ1) is 9.40.